The van der Waals surface area contributed by atoms with Crippen molar-refractivity contribution in [2.45, 2.75) is 110 Å². The van der Waals surface area contributed by atoms with Gasteiger partial charge in [0.1, 0.15) is 0 Å². The number of rotatable bonds is 20. The molecule has 0 aromatic carbocycles. The van der Waals surface area contributed by atoms with E-state index in [2.05, 4.69) is 13.8 Å². The number of hydrogen-bond donors (Lipinski definition) is 0. The maximum Gasteiger partial charge on any atom is 0.305 e. The van der Waals surface area contributed by atoms with Gasteiger partial charge in [0, 0.05) is 18.7 Å². The van der Waals surface area contributed by atoms with Crippen molar-refractivity contribution in [3.05, 3.63) is 0 Å². The number of halogens is 1. The topological polar surface area (TPSA) is 52.6 Å². The van der Waals surface area contributed by atoms with E-state index >= 15 is 0 Å². The lowest BCUT2D eigenvalue weighted by Gasteiger charge is -2.14. The normalized spacial score (nSPS) is 12.0. The molecule has 28 heavy (non-hydrogen) atoms. The minimum absolute atomic E-state index is 0.200. The summed E-state index contributed by atoms with van der Waals surface area (Å²) in [6, 6.07) is 0. The molecule has 0 aliphatic carbocycles. The third kappa shape index (κ3) is 18.6. The highest BCUT2D eigenvalue weighted by atomic mass is 35.5. The van der Waals surface area contributed by atoms with E-state index in [1.165, 1.54) is 44.9 Å². The van der Waals surface area contributed by atoms with Crippen molar-refractivity contribution in [3.63, 3.8) is 0 Å². The van der Waals surface area contributed by atoms with E-state index in [0.29, 0.717) is 38.4 Å². The number of hydrogen-bond acceptors (Lipinski definition) is 4. The summed E-state index contributed by atoms with van der Waals surface area (Å²) in [7, 11) is 0. The predicted octanol–water partition coefficient (Wildman–Crippen LogP) is 6.82. The van der Waals surface area contributed by atoms with Gasteiger partial charge in [0.2, 0.25) is 0 Å². The zero-order chi connectivity index (χ0) is 20.9. The molecule has 0 spiro atoms. The van der Waals surface area contributed by atoms with E-state index in [-0.39, 0.29) is 11.9 Å². The highest BCUT2D eigenvalue weighted by Gasteiger charge is 2.11. The lowest BCUT2D eigenvalue weighted by molar-refractivity contribution is -0.146. The van der Waals surface area contributed by atoms with Crippen LogP contribution in [-0.4, -0.2) is 31.0 Å². The van der Waals surface area contributed by atoms with Crippen LogP contribution in [0, 0.1) is 5.92 Å². The fourth-order valence-electron chi connectivity index (χ4n) is 3.07. The standard InChI is InChI=1S/C23H43ClO4/c1-3-5-15-21(4-2)20-28-23(26)17-14-16-22(25)27-19-13-11-9-7-6-8-10-12-18-24/h21H,3-20H2,1-2H3. The first-order valence-electron chi connectivity index (χ1n) is 11.5. The molecule has 0 aromatic heterocycles. The Morgan fingerprint density at radius 1 is 0.750 bits per heavy atom. The minimum Gasteiger partial charge on any atom is -0.466 e. The molecule has 0 aliphatic heterocycles. The van der Waals surface area contributed by atoms with Crippen LogP contribution in [-0.2, 0) is 19.1 Å². The third-order valence-corrected chi connectivity index (χ3v) is 5.34. The quantitative estimate of drug-likeness (QED) is 0.124. The molecule has 0 rings (SSSR count). The van der Waals surface area contributed by atoms with Crippen molar-refractivity contribution in [3.8, 4) is 0 Å². The maximum atomic E-state index is 11.8. The van der Waals surface area contributed by atoms with Crippen molar-refractivity contribution >= 4 is 23.5 Å². The summed E-state index contributed by atoms with van der Waals surface area (Å²) in [6.07, 6.45) is 14.9. The summed E-state index contributed by atoms with van der Waals surface area (Å²) in [5.41, 5.74) is 0. The van der Waals surface area contributed by atoms with Crippen molar-refractivity contribution < 1.29 is 19.1 Å². The molecule has 0 amide bonds. The molecule has 1 unspecified atom stereocenters. The van der Waals surface area contributed by atoms with E-state index in [9.17, 15) is 9.59 Å². The van der Waals surface area contributed by atoms with Crippen LogP contribution in [0.5, 0.6) is 0 Å². The number of alkyl halides is 1. The van der Waals surface area contributed by atoms with Crippen LogP contribution in [0.2, 0.25) is 0 Å². The van der Waals surface area contributed by atoms with Crippen molar-refractivity contribution in [1.82, 2.24) is 0 Å². The Labute approximate surface area is 178 Å². The number of esters is 2. The molecule has 4 nitrogen and oxygen atoms in total. The Morgan fingerprint density at radius 2 is 1.32 bits per heavy atom. The van der Waals surface area contributed by atoms with E-state index in [1.807, 2.05) is 0 Å². The molecule has 0 saturated carbocycles. The van der Waals surface area contributed by atoms with Crippen LogP contribution in [0.4, 0.5) is 0 Å². The Kier molecular flexibility index (Phi) is 20.4. The largest absolute Gasteiger partial charge is 0.466 e. The molecular formula is C23H43ClO4. The molecule has 0 bridgehead atoms. The van der Waals surface area contributed by atoms with Gasteiger partial charge in [0.15, 0.2) is 0 Å². The van der Waals surface area contributed by atoms with Gasteiger partial charge in [-0.15, -0.1) is 11.6 Å². The van der Waals surface area contributed by atoms with Gasteiger partial charge < -0.3 is 9.47 Å². The van der Waals surface area contributed by atoms with E-state index in [0.717, 1.165) is 38.0 Å². The Bertz CT molecular complexity index is 374. The van der Waals surface area contributed by atoms with Gasteiger partial charge in [-0.1, -0.05) is 71.6 Å². The van der Waals surface area contributed by atoms with Crippen LogP contribution in [0.3, 0.4) is 0 Å². The number of ether oxygens (including phenoxy) is 2. The summed E-state index contributed by atoms with van der Waals surface area (Å²) in [5.74, 6) is 0.821. The molecule has 0 heterocycles. The first kappa shape index (κ1) is 27.2. The monoisotopic (exact) mass is 418 g/mol. The summed E-state index contributed by atoms with van der Waals surface area (Å²) < 4.78 is 10.6. The van der Waals surface area contributed by atoms with Crippen molar-refractivity contribution in [2.75, 3.05) is 19.1 Å². The highest BCUT2D eigenvalue weighted by Crippen LogP contribution is 2.13. The second-order valence-corrected chi connectivity index (χ2v) is 8.07. The fourth-order valence-corrected chi connectivity index (χ4v) is 3.26. The van der Waals surface area contributed by atoms with Gasteiger partial charge in [-0.3, -0.25) is 9.59 Å². The van der Waals surface area contributed by atoms with Gasteiger partial charge in [0.05, 0.1) is 13.2 Å². The molecular weight excluding hydrogens is 376 g/mol. The summed E-state index contributed by atoms with van der Waals surface area (Å²) in [4.78, 5) is 23.5. The number of carbonyl (C=O) groups excluding carboxylic acids is 2. The summed E-state index contributed by atoms with van der Waals surface area (Å²) >= 11 is 5.65. The molecule has 0 fully saturated rings. The maximum absolute atomic E-state index is 11.8. The number of unbranched alkanes of at least 4 members (excludes halogenated alkanes) is 8. The molecule has 5 heteroatoms. The molecule has 0 N–H and O–H groups in total. The SMILES string of the molecule is CCCCC(CC)COC(=O)CCCC(=O)OCCCCCCCCCCCl. The van der Waals surface area contributed by atoms with Crippen LogP contribution in [0.25, 0.3) is 0 Å². The molecule has 166 valence electrons. The summed E-state index contributed by atoms with van der Waals surface area (Å²) in [6.45, 7) is 5.30. The lowest BCUT2D eigenvalue weighted by Crippen LogP contribution is -2.14. The van der Waals surface area contributed by atoms with E-state index in [4.69, 9.17) is 21.1 Å². The summed E-state index contributed by atoms with van der Waals surface area (Å²) in [5, 5.41) is 0. The van der Waals surface area contributed by atoms with Gasteiger partial charge in [-0.2, -0.15) is 0 Å². The second kappa shape index (κ2) is 21.0. The Morgan fingerprint density at radius 3 is 1.89 bits per heavy atom. The zero-order valence-corrected chi connectivity index (χ0v) is 19.1. The van der Waals surface area contributed by atoms with Gasteiger partial charge in [-0.05, 0) is 31.6 Å². The van der Waals surface area contributed by atoms with Crippen LogP contribution < -0.4 is 0 Å². The minimum atomic E-state index is -0.205. The Hall–Kier alpha value is -0.770. The highest BCUT2D eigenvalue weighted by molar-refractivity contribution is 6.17. The molecule has 0 aromatic rings. The average molecular weight is 419 g/mol. The van der Waals surface area contributed by atoms with Gasteiger partial charge in [-0.25, -0.2) is 0 Å². The molecule has 0 aliphatic rings. The first-order chi connectivity index (χ1) is 13.6. The third-order valence-electron chi connectivity index (χ3n) is 5.08. The molecule has 0 radical (unpaired) electrons. The zero-order valence-electron chi connectivity index (χ0n) is 18.3. The molecule has 1 atom stereocenters. The smallest absolute Gasteiger partial charge is 0.305 e. The average Bonchev–Trinajstić information content (AvgIpc) is 2.69. The van der Waals surface area contributed by atoms with Crippen molar-refractivity contribution in [2.24, 2.45) is 5.92 Å². The van der Waals surface area contributed by atoms with Gasteiger partial charge in [0.25, 0.3) is 0 Å². The van der Waals surface area contributed by atoms with Crippen LogP contribution in [0.1, 0.15) is 110 Å². The fraction of sp³-hybridized carbons (Fsp3) is 0.913. The second-order valence-electron chi connectivity index (χ2n) is 7.69. The van der Waals surface area contributed by atoms with E-state index < -0.39 is 0 Å². The number of carbonyl (C=O) groups is 2. The lowest BCUT2D eigenvalue weighted by atomic mass is 10.0. The van der Waals surface area contributed by atoms with Crippen molar-refractivity contribution in [1.29, 1.82) is 0 Å². The van der Waals surface area contributed by atoms with Crippen LogP contribution in [0.15, 0.2) is 0 Å². The first-order valence-corrected chi connectivity index (χ1v) is 12.0. The predicted molar refractivity (Wildman–Crippen MR) is 117 cm³/mol. The van der Waals surface area contributed by atoms with E-state index in [1.54, 1.807) is 0 Å². The Balaban J connectivity index is 3.48. The van der Waals surface area contributed by atoms with Gasteiger partial charge >= 0.3 is 11.9 Å². The van der Waals surface area contributed by atoms with Crippen LogP contribution >= 0.6 is 11.6 Å². The molecule has 0 saturated heterocycles.